The fraction of sp³-hybridized carbons (Fsp3) is 0.533. The standard InChI is InChI=1S/C15H23NO4/c1-2-19-15(18)11-13(17)12-16-9-6-10-20-14-7-4-3-5-8-14/h3-5,7-8,13,16-17H,2,6,9-12H2,1H3. The lowest BCUT2D eigenvalue weighted by Crippen LogP contribution is -2.30. The first-order valence-corrected chi connectivity index (χ1v) is 6.94. The zero-order valence-electron chi connectivity index (χ0n) is 11.9. The molecule has 0 fully saturated rings. The Morgan fingerprint density at radius 2 is 2.10 bits per heavy atom. The number of para-hydroxylation sites is 1. The molecule has 1 rings (SSSR count). The van der Waals surface area contributed by atoms with Crippen LogP contribution in [0.15, 0.2) is 30.3 Å². The summed E-state index contributed by atoms with van der Waals surface area (Å²) < 4.78 is 10.3. The molecule has 0 spiro atoms. The number of carbonyl (C=O) groups excluding carboxylic acids is 1. The number of ether oxygens (including phenoxy) is 2. The van der Waals surface area contributed by atoms with Gasteiger partial charge in [0.25, 0.3) is 0 Å². The Kier molecular flexibility index (Phi) is 8.42. The number of benzene rings is 1. The molecule has 5 nitrogen and oxygen atoms in total. The van der Waals surface area contributed by atoms with Crippen LogP contribution in [0.4, 0.5) is 0 Å². The molecular weight excluding hydrogens is 258 g/mol. The lowest BCUT2D eigenvalue weighted by atomic mass is 10.2. The number of rotatable bonds is 10. The molecule has 0 heterocycles. The fourth-order valence-electron chi connectivity index (χ4n) is 1.66. The third kappa shape index (κ3) is 7.76. The van der Waals surface area contributed by atoms with Crippen molar-refractivity contribution in [3.05, 3.63) is 30.3 Å². The van der Waals surface area contributed by atoms with E-state index >= 15 is 0 Å². The second-order valence-electron chi connectivity index (χ2n) is 4.38. The highest BCUT2D eigenvalue weighted by Crippen LogP contribution is 2.07. The zero-order valence-corrected chi connectivity index (χ0v) is 11.9. The third-order valence-electron chi connectivity index (χ3n) is 2.60. The van der Waals surface area contributed by atoms with Crippen molar-refractivity contribution in [2.45, 2.75) is 25.9 Å². The smallest absolute Gasteiger partial charge is 0.308 e. The van der Waals surface area contributed by atoms with Crippen molar-refractivity contribution < 1.29 is 19.4 Å². The van der Waals surface area contributed by atoms with E-state index in [0.717, 1.165) is 18.7 Å². The van der Waals surface area contributed by atoms with Gasteiger partial charge in [-0.05, 0) is 32.0 Å². The van der Waals surface area contributed by atoms with E-state index in [1.807, 2.05) is 30.3 Å². The number of aliphatic hydroxyl groups is 1. The second-order valence-corrected chi connectivity index (χ2v) is 4.38. The van der Waals surface area contributed by atoms with Crippen molar-refractivity contribution in [3.8, 4) is 5.75 Å². The van der Waals surface area contributed by atoms with Crippen molar-refractivity contribution in [1.29, 1.82) is 0 Å². The van der Waals surface area contributed by atoms with E-state index < -0.39 is 6.10 Å². The van der Waals surface area contributed by atoms with Gasteiger partial charge >= 0.3 is 5.97 Å². The summed E-state index contributed by atoms with van der Waals surface area (Å²) in [7, 11) is 0. The molecule has 112 valence electrons. The summed E-state index contributed by atoms with van der Waals surface area (Å²) in [6.45, 7) is 3.81. The number of carbonyl (C=O) groups is 1. The van der Waals surface area contributed by atoms with Crippen LogP contribution in [0.3, 0.4) is 0 Å². The van der Waals surface area contributed by atoms with Crippen molar-refractivity contribution in [2.75, 3.05) is 26.3 Å². The van der Waals surface area contributed by atoms with Crippen molar-refractivity contribution in [2.24, 2.45) is 0 Å². The minimum atomic E-state index is -0.705. The van der Waals surface area contributed by atoms with Crippen molar-refractivity contribution in [3.63, 3.8) is 0 Å². The van der Waals surface area contributed by atoms with E-state index in [1.54, 1.807) is 6.92 Å². The van der Waals surface area contributed by atoms with Crippen molar-refractivity contribution >= 4 is 5.97 Å². The average Bonchev–Trinajstić information content (AvgIpc) is 2.44. The molecule has 2 N–H and O–H groups in total. The van der Waals surface area contributed by atoms with Gasteiger partial charge in [0.15, 0.2) is 0 Å². The van der Waals surface area contributed by atoms with Gasteiger partial charge in [0.2, 0.25) is 0 Å². The normalized spacial score (nSPS) is 11.9. The van der Waals surface area contributed by atoms with Gasteiger partial charge in [-0.2, -0.15) is 0 Å². The molecule has 20 heavy (non-hydrogen) atoms. The fourth-order valence-corrected chi connectivity index (χ4v) is 1.66. The van der Waals surface area contributed by atoms with Crippen LogP contribution in [0.5, 0.6) is 5.75 Å². The quantitative estimate of drug-likeness (QED) is 0.500. The Hall–Kier alpha value is -1.59. The molecule has 0 saturated carbocycles. The Labute approximate surface area is 119 Å². The minimum absolute atomic E-state index is 0.0291. The van der Waals surface area contributed by atoms with Gasteiger partial charge in [0.05, 0.1) is 25.7 Å². The van der Waals surface area contributed by atoms with Crippen LogP contribution in [-0.4, -0.2) is 43.5 Å². The molecule has 0 amide bonds. The van der Waals surface area contributed by atoms with Crippen LogP contribution in [0.25, 0.3) is 0 Å². The highest BCUT2D eigenvalue weighted by Gasteiger charge is 2.10. The lowest BCUT2D eigenvalue weighted by molar-refractivity contribution is -0.145. The molecule has 0 saturated heterocycles. The summed E-state index contributed by atoms with van der Waals surface area (Å²) in [4.78, 5) is 11.1. The first kappa shape index (κ1) is 16.5. The van der Waals surface area contributed by atoms with Crippen LogP contribution in [0.2, 0.25) is 0 Å². The van der Waals surface area contributed by atoms with Crippen LogP contribution >= 0.6 is 0 Å². The first-order chi connectivity index (χ1) is 9.72. The summed E-state index contributed by atoms with van der Waals surface area (Å²) in [6, 6.07) is 9.63. The van der Waals surface area contributed by atoms with Crippen LogP contribution in [-0.2, 0) is 9.53 Å². The summed E-state index contributed by atoms with van der Waals surface area (Å²) in [5, 5.41) is 12.7. The highest BCUT2D eigenvalue weighted by atomic mass is 16.5. The topological polar surface area (TPSA) is 67.8 Å². The first-order valence-electron chi connectivity index (χ1n) is 6.94. The number of hydrogen-bond donors (Lipinski definition) is 2. The zero-order chi connectivity index (χ0) is 14.6. The van der Waals surface area contributed by atoms with Gasteiger partial charge in [-0.15, -0.1) is 0 Å². The predicted octanol–water partition coefficient (Wildman–Crippen LogP) is 1.36. The summed E-state index contributed by atoms with van der Waals surface area (Å²) in [5.74, 6) is 0.490. The molecule has 1 atom stereocenters. The number of nitrogens with one attached hydrogen (secondary N) is 1. The van der Waals surface area contributed by atoms with Gasteiger partial charge in [-0.25, -0.2) is 0 Å². The van der Waals surface area contributed by atoms with Gasteiger partial charge in [-0.1, -0.05) is 18.2 Å². The molecule has 1 unspecified atom stereocenters. The predicted molar refractivity (Wildman–Crippen MR) is 76.7 cm³/mol. The van der Waals surface area contributed by atoms with Crippen LogP contribution < -0.4 is 10.1 Å². The SMILES string of the molecule is CCOC(=O)CC(O)CNCCCOc1ccccc1. The molecule has 0 aliphatic heterocycles. The minimum Gasteiger partial charge on any atom is -0.494 e. The highest BCUT2D eigenvalue weighted by molar-refractivity contribution is 5.69. The van der Waals surface area contributed by atoms with Gasteiger partial charge in [-0.3, -0.25) is 4.79 Å². The molecule has 0 aliphatic rings. The Balaban J connectivity index is 1.98. The Morgan fingerprint density at radius 3 is 2.80 bits per heavy atom. The van der Waals surface area contributed by atoms with E-state index in [4.69, 9.17) is 9.47 Å². The molecule has 0 radical (unpaired) electrons. The molecule has 0 bridgehead atoms. The monoisotopic (exact) mass is 281 g/mol. The third-order valence-corrected chi connectivity index (χ3v) is 2.60. The molecule has 5 heteroatoms. The van der Waals surface area contributed by atoms with Crippen LogP contribution in [0, 0.1) is 0 Å². The van der Waals surface area contributed by atoms with E-state index in [1.165, 1.54) is 0 Å². The molecular formula is C15H23NO4. The van der Waals surface area contributed by atoms with E-state index in [2.05, 4.69) is 5.32 Å². The van der Waals surface area contributed by atoms with Gasteiger partial charge < -0.3 is 19.9 Å². The molecule has 0 aromatic heterocycles. The van der Waals surface area contributed by atoms with E-state index in [-0.39, 0.29) is 12.4 Å². The number of esters is 1. The molecule has 1 aromatic rings. The van der Waals surface area contributed by atoms with Gasteiger partial charge in [0, 0.05) is 6.54 Å². The largest absolute Gasteiger partial charge is 0.494 e. The summed E-state index contributed by atoms with van der Waals surface area (Å²) in [5.41, 5.74) is 0. The Bertz CT molecular complexity index is 369. The lowest BCUT2D eigenvalue weighted by Gasteiger charge is -2.11. The number of aliphatic hydroxyl groups excluding tert-OH is 1. The van der Waals surface area contributed by atoms with Crippen molar-refractivity contribution in [1.82, 2.24) is 5.32 Å². The molecule has 1 aromatic carbocycles. The average molecular weight is 281 g/mol. The van der Waals surface area contributed by atoms with E-state index in [9.17, 15) is 9.90 Å². The summed E-state index contributed by atoms with van der Waals surface area (Å²) in [6.07, 6.45) is 0.159. The maximum Gasteiger partial charge on any atom is 0.308 e. The van der Waals surface area contributed by atoms with Crippen LogP contribution in [0.1, 0.15) is 19.8 Å². The van der Waals surface area contributed by atoms with Gasteiger partial charge in [0.1, 0.15) is 5.75 Å². The second kappa shape index (κ2) is 10.2. The summed E-state index contributed by atoms with van der Waals surface area (Å²) >= 11 is 0. The maximum atomic E-state index is 11.1. The molecule has 0 aliphatic carbocycles. The maximum absolute atomic E-state index is 11.1. The number of hydrogen-bond acceptors (Lipinski definition) is 5. The Morgan fingerprint density at radius 1 is 1.35 bits per heavy atom. The van der Waals surface area contributed by atoms with E-state index in [0.29, 0.717) is 19.8 Å².